The van der Waals surface area contributed by atoms with E-state index < -0.39 is 19.8 Å². The van der Waals surface area contributed by atoms with Crippen molar-refractivity contribution in [1.82, 2.24) is 9.55 Å². The number of rotatable bonds is 11. The molecule has 0 unspecified atom stereocenters. The number of benzene rings is 2. The van der Waals surface area contributed by atoms with Gasteiger partial charge in [0.05, 0.1) is 23.7 Å². The summed E-state index contributed by atoms with van der Waals surface area (Å²) in [7, 11) is -1.34. The highest BCUT2D eigenvalue weighted by atomic mass is 28.3. The molecule has 0 fully saturated rings. The molecule has 4 aromatic rings. The van der Waals surface area contributed by atoms with Gasteiger partial charge >= 0.3 is 6.18 Å². The average Bonchev–Trinajstić information content (AvgIpc) is 3.39. The Morgan fingerprint density at radius 1 is 1.09 bits per heavy atom. The number of hydrogen-bond donors (Lipinski definition) is 1. The molecule has 47 heavy (non-hydrogen) atoms. The van der Waals surface area contributed by atoms with Crippen LogP contribution in [0.4, 0.5) is 18.9 Å². The summed E-state index contributed by atoms with van der Waals surface area (Å²) in [4.78, 5) is 8.75. The number of halogens is 3. The van der Waals surface area contributed by atoms with E-state index >= 15 is 0 Å². The van der Waals surface area contributed by atoms with Crippen molar-refractivity contribution >= 4 is 30.8 Å². The summed E-state index contributed by atoms with van der Waals surface area (Å²) in [6.45, 7) is 12.2. The van der Waals surface area contributed by atoms with Gasteiger partial charge in [0.2, 0.25) is 0 Å². The Morgan fingerprint density at radius 3 is 2.55 bits per heavy atom. The molecule has 248 valence electrons. The zero-order chi connectivity index (χ0) is 33.8. The highest BCUT2D eigenvalue weighted by molar-refractivity contribution is 6.76. The topological polar surface area (TPSA) is 103 Å². The molecule has 5 rings (SSSR count). The lowest BCUT2D eigenvalue weighted by Crippen LogP contribution is -2.22. The minimum atomic E-state index is -4.72. The highest BCUT2D eigenvalue weighted by Gasteiger charge is 2.35. The van der Waals surface area contributed by atoms with Crippen molar-refractivity contribution in [2.45, 2.75) is 65.0 Å². The molecule has 1 aliphatic rings. The van der Waals surface area contributed by atoms with Crippen LogP contribution in [0.1, 0.15) is 31.4 Å². The van der Waals surface area contributed by atoms with Gasteiger partial charge in [0.1, 0.15) is 41.3 Å². The molecular weight excluding hydrogens is 627 g/mol. The molecule has 13 heteroatoms. The Morgan fingerprint density at radius 2 is 1.87 bits per heavy atom. The van der Waals surface area contributed by atoms with Gasteiger partial charge < -0.3 is 28.8 Å². The Labute approximate surface area is 273 Å². The SMILES string of the molecule is CC(C)Oc1ccc(-c2cn(COCC[Si](C)(C)C)c3nccc(Oc4ccc(NC5=NCCCO5)cc4C(F)(F)F)c23)cc1C#N. The number of aromatic nitrogens is 2. The molecule has 0 amide bonds. The maximum atomic E-state index is 14.4. The number of nitrogens with zero attached hydrogens (tertiary/aromatic N) is 4. The lowest BCUT2D eigenvalue weighted by Gasteiger charge is -2.18. The van der Waals surface area contributed by atoms with Crippen LogP contribution in [0.15, 0.2) is 59.9 Å². The minimum Gasteiger partial charge on any atom is -0.490 e. The standard InChI is InChI=1S/C34H38F3N5O4Si/c1-22(2)45-28-9-7-23(17-24(28)19-38)26-20-42(21-43-15-16-47(3,4)5)32-31(26)30(11-13-39-32)46-29-10-8-25(18-27(29)34(35,36)37)41-33-40-12-6-14-44-33/h7-11,13,17-18,20,22H,6,12,14-16,21H2,1-5H3,(H,40,41). The van der Waals surface area contributed by atoms with Crippen LogP contribution >= 0.6 is 0 Å². The van der Waals surface area contributed by atoms with Gasteiger partial charge in [0.15, 0.2) is 0 Å². The normalized spacial score (nSPS) is 13.7. The van der Waals surface area contributed by atoms with Crippen molar-refractivity contribution in [2.75, 3.05) is 25.1 Å². The minimum absolute atomic E-state index is 0.139. The van der Waals surface area contributed by atoms with Gasteiger partial charge in [-0.15, -0.1) is 0 Å². The molecule has 0 aliphatic carbocycles. The molecule has 0 saturated carbocycles. The van der Waals surface area contributed by atoms with E-state index in [-0.39, 0.29) is 36.0 Å². The third-order valence-electron chi connectivity index (χ3n) is 7.27. The zero-order valence-corrected chi connectivity index (χ0v) is 28.1. The maximum Gasteiger partial charge on any atom is 0.420 e. The van der Waals surface area contributed by atoms with Crippen LogP contribution in [0.5, 0.6) is 17.2 Å². The number of alkyl halides is 3. The summed E-state index contributed by atoms with van der Waals surface area (Å²) < 4.78 is 68.3. The van der Waals surface area contributed by atoms with E-state index in [1.54, 1.807) is 22.8 Å². The molecule has 1 aliphatic heterocycles. The highest BCUT2D eigenvalue weighted by Crippen LogP contribution is 2.43. The summed E-state index contributed by atoms with van der Waals surface area (Å²) in [5.74, 6) is 0.218. The number of fused-ring (bicyclic) bond motifs is 1. The number of pyridine rings is 1. The molecule has 0 atom stereocenters. The van der Waals surface area contributed by atoms with E-state index in [4.69, 9.17) is 18.9 Å². The molecule has 1 N–H and O–H groups in total. The van der Waals surface area contributed by atoms with E-state index in [2.05, 4.69) is 41.0 Å². The number of aliphatic imine (C=N–C) groups is 1. The molecule has 9 nitrogen and oxygen atoms in total. The van der Waals surface area contributed by atoms with Crippen LogP contribution in [0.3, 0.4) is 0 Å². The number of nitrogens with one attached hydrogen (secondary N) is 1. The summed E-state index contributed by atoms with van der Waals surface area (Å²) in [6.07, 6.45) is -0.807. The van der Waals surface area contributed by atoms with Gasteiger partial charge in [-0.2, -0.15) is 18.4 Å². The number of amidine groups is 1. The van der Waals surface area contributed by atoms with Gasteiger partial charge in [-0.05, 0) is 61.9 Å². The predicted molar refractivity (Wildman–Crippen MR) is 178 cm³/mol. The third-order valence-corrected chi connectivity index (χ3v) is 8.98. The first-order chi connectivity index (χ1) is 22.3. The van der Waals surface area contributed by atoms with Crippen molar-refractivity contribution < 1.29 is 32.1 Å². The molecular formula is C34H38F3N5O4Si. The van der Waals surface area contributed by atoms with Crippen molar-refractivity contribution in [2.24, 2.45) is 4.99 Å². The zero-order valence-electron chi connectivity index (χ0n) is 27.1. The van der Waals surface area contributed by atoms with Crippen LogP contribution in [0, 0.1) is 11.3 Å². The summed E-state index contributed by atoms with van der Waals surface area (Å²) in [5.41, 5.74) is 1.24. The first kappa shape index (κ1) is 33.8. The van der Waals surface area contributed by atoms with Crippen molar-refractivity contribution in [1.29, 1.82) is 5.26 Å². The lowest BCUT2D eigenvalue weighted by atomic mass is 10.0. The maximum absolute atomic E-state index is 14.4. The van der Waals surface area contributed by atoms with Gasteiger partial charge in [0, 0.05) is 51.3 Å². The van der Waals surface area contributed by atoms with Gasteiger partial charge in [0.25, 0.3) is 6.02 Å². The molecule has 2 aromatic heterocycles. The van der Waals surface area contributed by atoms with Gasteiger partial charge in [-0.1, -0.05) is 25.7 Å². The molecule has 0 radical (unpaired) electrons. The number of hydrogen-bond acceptors (Lipinski definition) is 8. The third kappa shape index (κ3) is 8.44. The smallest absolute Gasteiger partial charge is 0.420 e. The number of ether oxygens (including phenoxy) is 4. The van der Waals surface area contributed by atoms with Crippen LogP contribution in [-0.4, -0.2) is 49.5 Å². The van der Waals surface area contributed by atoms with Gasteiger partial charge in [-0.25, -0.2) is 9.98 Å². The Kier molecular flexibility index (Phi) is 10.1. The second-order valence-electron chi connectivity index (χ2n) is 12.7. The Hall–Kier alpha value is -4.54. The van der Waals surface area contributed by atoms with Gasteiger partial charge in [-0.3, -0.25) is 0 Å². The van der Waals surface area contributed by atoms with Crippen LogP contribution < -0.4 is 14.8 Å². The van der Waals surface area contributed by atoms with E-state index in [1.807, 2.05) is 20.0 Å². The number of anilines is 1. The Bertz CT molecular complexity index is 1810. The molecule has 0 bridgehead atoms. The molecule has 3 heterocycles. The van der Waals surface area contributed by atoms with Crippen molar-refractivity contribution in [3.63, 3.8) is 0 Å². The monoisotopic (exact) mass is 665 g/mol. The fraction of sp³-hybridized carbons (Fsp3) is 0.382. The fourth-order valence-corrected chi connectivity index (χ4v) is 5.72. The van der Waals surface area contributed by atoms with E-state index in [0.29, 0.717) is 53.2 Å². The Balaban J connectivity index is 1.57. The second-order valence-corrected chi connectivity index (χ2v) is 18.3. The van der Waals surface area contributed by atoms with E-state index in [9.17, 15) is 18.4 Å². The summed E-state index contributed by atoms with van der Waals surface area (Å²) >= 11 is 0. The van der Waals surface area contributed by atoms with Crippen LogP contribution in [-0.2, 0) is 22.4 Å². The second kappa shape index (κ2) is 14.1. The molecule has 0 spiro atoms. The average molecular weight is 666 g/mol. The summed E-state index contributed by atoms with van der Waals surface area (Å²) in [6, 6.07) is 13.8. The fourth-order valence-electron chi connectivity index (χ4n) is 4.97. The first-order valence-corrected chi connectivity index (χ1v) is 19.1. The molecule has 0 saturated heterocycles. The first-order valence-electron chi connectivity index (χ1n) is 15.4. The lowest BCUT2D eigenvalue weighted by molar-refractivity contribution is -0.138. The largest absolute Gasteiger partial charge is 0.490 e. The van der Waals surface area contributed by atoms with Crippen LogP contribution in [0.25, 0.3) is 22.2 Å². The van der Waals surface area contributed by atoms with Crippen LogP contribution in [0.2, 0.25) is 25.7 Å². The van der Waals surface area contributed by atoms with E-state index in [0.717, 1.165) is 18.5 Å². The van der Waals surface area contributed by atoms with E-state index in [1.165, 1.54) is 24.4 Å². The van der Waals surface area contributed by atoms with Crippen molar-refractivity contribution in [3.05, 3.63) is 66.0 Å². The van der Waals surface area contributed by atoms with Crippen molar-refractivity contribution in [3.8, 4) is 34.4 Å². The molecule has 2 aromatic carbocycles. The summed E-state index contributed by atoms with van der Waals surface area (Å²) in [5, 5.41) is 13.2. The quantitative estimate of drug-likeness (QED) is 0.126. The predicted octanol–water partition coefficient (Wildman–Crippen LogP) is 8.67. The number of nitriles is 1.